The summed E-state index contributed by atoms with van der Waals surface area (Å²) in [6, 6.07) is 1.79. The minimum Gasteiger partial charge on any atom is -0.508 e. The van der Waals surface area contributed by atoms with Gasteiger partial charge in [-0.3, -0.25) is 9.59 Å². The number of halogens is 1. The Morgan fingerprint density at radius 1 is 1.27 bits per heavy atom. The second-order valence-corrected chi connectivity index (χ2v) is 7.75. The summed E-state index contributed by atoms with van der Waals surface area (Å²) >= 11 is 0. The third-order valence-corrected chi connectivity index (χ3v) is 4.24. The Labute approximate surface area is 153 Å². The predicted octanol–water partition coefficient (Wildman–Crippen LogP) is 2.12. The lowest BCUT2D eigenvalue weighted by Crippen LogP contribution is -2.47. The van der Waals surface area contributed by atoms with Gasteiger partial charge in [0.1, 0.15) is 11.6 Å². The lowest BCUT2D eigenvalue weighted by Gasteiger charge is -2.25. The van der Waals surface area contributed by atoms with Gasteiger partial charge in [0.15, 0.2) is 0 Å². The van der Waals surface area contributed by atoms with E-state index in [0.29, 0.717) is 5.56 Å². The molecular weight excluding hydrogens is 339 g/mol. The monoisotopic (exact) mass is 368 g/mol. The van der Waals surface area contributed by atoms with Crippen LogP contribution in [0.3, 0.4) is 0 Å². The fraction of sp³-hybridized carbons (Fsp3) is 0.579. The normalized spacial score (nSPS) is 12.8. The first-order chi connectivity index (χ1) is 12.0. The maximum absolute atomic E-state index is 14.0. The number of aliphatic hydroxyl groups is 1. The number of aliphatic hydroxyl groups excluding tert-OH is 1. The summed E-state index contributed by atoms with van der Waals surface area (Å²) in [4.78, 5) is 24.4. The minimum atomic E-state index is -0.714. The topological polar surface area (TPSA) is 98.7 Å². The standard InChI is InChI=1S/C19H29FN2O4/c1-11(2)15(9-21-17(25)8-19(4,5)10-23)22-18(26)13-7-16(24)12(3)6-14(13)20/h6-7,11,15,23-24H,8-10H2,1-5H3,(H,21,25)(H,22,26). The van der Waals surface area contributed by atoms with Gasteiger partial charge in [-0.05, 0) is 36.0 Å². The first-order valence-corrected chi connectivity index (χ1v) is 8.64. The maximum atomic E-state index is 14.0. The summed E-state index contributed by atoms with van der Waals surface area (Å²) in [5.41, 5.74) is -0.423. The first kappa shape index (κ1) is 21.9. The minimum absolute atomic E-state index is 0.00721. The average Bonchev–Trinajstić information content (AvgIpc) is 2.53. The second-order valence-electron chi connectivity index (χ2n) is 7.75. The Bertz CT molecular complexity index is 659. The second kappa shape index (κ2) is 8.98. The molecule has 1 unspecified atom stereocenters. The molecule has 2 amide bonds. The fourth-order valence-corrected chi connectivity index (χ4v) is 2.31. The van der Waals surface area contributed by atoms with Crippen LogP contribution < -0.4 is 10.6 Å². The van der Waals surface area contributed by atoms with Crippen LogP contribution in [0, 0.1) is 24.1 Å². The molecule has 0 heterocycles. The number of carbonyl (C=O) groups is 2. The molecule has 1 aromatic rings. The van der Waals surface area contributed by atoms with Crippen molar-refractivity contribution < 1.29 is 24.2 Å². The number of rotatable bonds is 8. The van der Waals surface area contributed by atoms with E-state index >= 15 is 0 Å². The number of amides is 2. The Morgan fingerprint density at radius 2 is 1.88 bits per heavy atom. The van der Waals surface area contributed by atoms with Crippen LogP contribution in [0.1, 0.15) is 50.0 Å². The van der Waals surface area contributed by atoms with E-state index in [1.165, 1.54) is 0 Å². The molecule has 1 rings (SSSR count). The van der Waals surface area contributed by atoms with Gasteiger partial charge in [0.2, 0.25) is 5.91 Å². The van der Waals surface area contributed by atoms with Gasteiger partial charge in [-0.2, -0.15) is 0 Å². The van der Waals surface area contributed by atoms with Crippen molar-refractivity contribution in [2.75, 3.05) is 13.2 Å². The van der Waals surface area contributed by atoms with Gasteiger partial charge < -0.3 is 20.8 Å². The van der Waals surface area contributed by atoms with Gasteiger partial charge in [0.25, 0.3) is 5.91 Å². The van der Waals surface area contributed by atoms with Gasteiger partial charge in [0.05, 0.1) is 5.56 Å². The molecule has 0 fully saturated rings. The van der Waals surface area contributed by atoms with Crippen LogP contribution in [0.15, 0.2) is 12.1 Å². The van der Waals surface area contributed by atoms with Crippen LogP contribution in [-0.2, 0) is 4.79 Å². The van der Waals surface area contributed by atoms with Crippen molar-refractivity contribution in [3.8, 4) is 5.75 Å². The van der Waals surface area contributed by atoms with Crippen molar-refractivity contribution in [3.05, 3.63) is 29.1 Å². The lowest BCUT2D eigenvalue weighted by molar-refractivity contribution is -0.123. The molecule has 0 aliphatic heterocycles. The highest BCUT2D eigenvalue weighted by Gasteiger charge is 2.24. The summed E-state index contributed by atoms with van der Waals surface area (Å²) in [6.07, 6.45) is 0.155. The summed E-state index contributed by atoms with van der Waals surface area (Å²) in [7, 11) is 0. The SMILES string of the molecule is Cc1cc(F)c(C(=O)NC(CNC(=O)CC(C)(C)CO)C(C)C)cc1O. The van der Waals surface area contributed by atoms with Crippen molar-refractivity contribution in [2.24, 2.45) is 11.3 Å². The van der Waals surface area contributed by atoms with E-state index in [1.54, 1.807) is 20.8 Å². The number of benzene rings is 1. The molecule has 146 valence electrons. The highest BCUT2D eigenvalue weighted by Crippen LogP contribution is 2.21. The largest absolute Gasteiger partial charge is 0.508 e. The number of aromatic hydroxyl groups is 1. The maximum Gasteiger partial charge on any atom is 0.254 e. The van der Waals surface area contributed by atoms with Crippen molar-refractivity contribution in [2.45, 2.75) is 47.1 Å². The van der Waals surface area contributed by atoms with Gasteiger partial charge in [-0.15, -0.1) is 0 Å². The van der Waals surface area contributed by atoms with E-state index < -0.39 is 23.2 Å². The van der Waals surface area contributed by atoms with Crippen molar-refractivity contribution in [1.29, 1.82) is 0 Å². The van der Waals surface area contributed by atoms with Crippen LogP contribution in [-0.4, -0.2) is 41.2 Å². The van der Waals surface area contributed by atoms with Crippen LogP contribution >= 0.6 is 0 Å². The molecule has 4 N–H and O–H groups in total. The molecule has 6 nitrogen and oxygen atoms in total. The Balaban J connectivity index is 2.75. The van der Waals surface area contributed by atoms with Crippen molar-refractivity contribution in [1.82, 2.24) is 10.6 Å². The quantitative estimate of drug-likeness (QED) is 0.565. The van der Waals surface area contributed by atoms with E-state index in [4.69, 9.17) is 0 Å². The van der Waals surface area contributed by atoms with Crippen LogP contribution in [0.25, 0.3) is 0 Å². The van der Waals surface area contributed by atoms with Crippen LogP contribution in [0.5, 0.6) is 5.75 Å². The molecule has 0 saturated heterocycles. The van der Waals surface area contributed by atoms with E-state index in [1.807, 2.05) is 13.8 Å². The van der Waals surface area contributed by atoms with E-state index in [9.17, 15) is 24.2 Å². The highest BCUT2D eigenvalue weighted by molar-refractivity contribution is 5.95. The molecular formula is C19H29FN2O4. The molecule has 1 atom stereocenters. The number of hydrogen-bond acceptors (Lipinski definition) is 4. The summed E-state index contributed by atoms with van der Waals surface area (Å²) in [5.74, 6) is -1.76. The Kier molecular flexibility index (Phi) is 7.56. The Morgan fingerprint density at radius 3 is 2.42 bits per heavy atom. The smallest absolute Gasteiger partial charge is 0.254 e. The molecule has 7 heteroatoms. The molecule has 0 spiro atoms. The number of phenolic OH excluding ortho intramolecular Hbond substituents is 1. The molecule has 0 saturated carbocycles. The zero-order valence-corrected chi connectivity index (χ0v) is 16.0. The number of phenols is 1. The number of nitrogens with one attached hydrogen (secondary N) is 2. The first-order valence-electron chi connectivity index (χ1n) is 8.64. The number of carbonyl (C=O) groups excluding carboxylic acids is 2. The van der Waals surface area contributed by atoms with Crippen LogP contribution in [0.2, 0.25) is 0 Å². The molecule has 26 heavy (non-hydrogen) atoms. The average molecular weight is 368 g/mol. The zero-order valence-electron chi connectivity index (χ0n) is 16.0. The molecule has 1 aromatic carbocycles. The van der Waals surface area contributed by atoms with Crippen molar-refractivity contribution >= 4 is 11.8 Å². The zero-order chi connectivity index (χ0) is 20.1. The highest BCUT2D eigenvalue weighted by atomic mass is 19.1. The van der Waals surface area contributed by atoms with E-state index in [2.05, 4.69) is 10.6 Å². The fourth-order valence-electron chi connectivity index (χ4n) is 2.31. The van der Waals surface area contributed by atoms with Gasteiger partial charge >= 0.3 is 0 Å². The summed E-state index contributed by atoms with van der Waals surface area (Å²) in [6.45, 7) is 8.92. The molecule has 0 aliphatic rings. The van der Waals surface area contributed by atoms with Gasteiger partial charge in [-0.25, -0.2) is 4.39 Å². The molecule has 0 radical (unpaired) electrons. The van der Waals surface area contributed by atoms with Gasteiger partial charge in [-0.1, -0.05) is 27.7 Å². The van der Waals surface area contributed by atoms with E-state index in [0.717, 1.165) is 12.1 Å². The Hall–Kier alpha value is -2.15. The predicted molar refractivity (Wildman–Crippen MR) is 97.4 cm³/mol. The summed E-state index contributed by atoms with van der Waals surface area (Å²) in [5, 5.41) is 24.4. The third kappa shape index (κ3) is 6.29. The van der Waals surface area contributed by atoms with Crippen LogP contribution in [0.4, 0.5) is 4.39 Å². The lowest BCUT2D eigenvalue weighted by atomic mass is 9.90. The third-order valence-electron chi connectivity index (χ3n) is 4.24. The molecule has 0 aliphatic carbocycles. The number of aryl methyl sites for hydroxylation is 1. The number of hydrogen-bond donors (Lipinski definition) is 4. The van der Waals surface area contributed by atoms with E-state index in [-0.39, 0.29) is 42.7 Å². The molecule has 0 aromatic heterocycles. The van der Waals surface area contributed by atoms with Crippen molar-refractivity contribution in [3.63, 3.8) is 0 Å². The van der Waals surface area contributed by atoms with Gasteiger partial charge in [0, 0.05) is 25.6 Å². The summed E-state index contributed by atoms with van der Waals surface area (Å²) < 4.78 is 14.0. The molecule has 0 bridgehead atoms.